The van der Waals surface area contributed by atoms with Crippen LogP contribution in [0.2, 0.25) is 0 Å². The molecule has 4 rings (SSSR count). The van der Waals surface area contributed by atoms with E-state index >= 15 is 0 Å². The third-order valence-electron chi connectivity index (χ3n) is 3.34. The van der Waals surface area contributed by atoms with Gasteiger partial charge in [-0.25, -0.2) is 4.98 Å². The molecule has 2 aromatic heterocycles. The van der Waals surface area contributed by atoms with Gasteiger partial charge in [0.25, 0.3) is 5.89 Å². The predicted octanol–water partition coefficient (Wildman–Crippen LogP) is 3.26. The molecule has 112 valence electrons. The minimum Gasteiger partial charge on any atom is -0.467 e. The van der Waals surface area contributed by atoms with E-state index in [1.807, 2.05) is 54.6 Å². The maximum absolute atomic E-state index is 5.78. The molecule has 0 spiro atoms. The highest BCUT2D eigenvalue weighted by atomic mass is 16.5. The van der Waals surface area contributed by atoms with Gasteiger partial charge in [-0.05, 0) is 12.1 Å². The van der Waals surface area contributed by atoms with Crippen LogP contribution in [-0.2, 0) is 6.61 Å². The van der Waals surface area contributed by atoms with E-state index in [0.29, 0.717) is 17.6 Å². The van der Waals surface area contributed by atoms with E-state index in [2.05, 4.69) is 20.2 Å². The Morgan fingerprint density at radius 1 is 0.913 bits per heavy atom. The van der Waals surface area contributed by atoms with Crippen LogP contribution in [0, 0.1) is 0 Å². The van der Waals surface area contributed by atoms with E-state index < -0.39 is 0 Å². The van der Waals surface area contributed by atoms with Crippen molar-refractivity contribution in [2.75, 3.05) is 0 Å². The van der Waals surface area contributed by atoms with Gasteiger partial charge in [-0.3, -0.25) is 0 Å². The molecule has 0 saturated heterocycles. The fourth-order valence-corrected chi connectivity index (χ4v) is 2.26. The van der Waals surface area contributed by atoms with E-state index in [4.69, 9.17) is 9.15 Å². The van der Waals surface area contributed by atoms with Crippen molar-refractivity contribution in [2.24, 2.45) is 0 Å². The first kappa shape index (κ1) is 13.4. The molecule has 2 heterocycles. The second kappa shape index (κ2) is 5.84. The number of ether oxygens (including phenoxy) is 1. The Balaban J connectivity index is 1.77. The van der Waals surface area contributed by atoms with E-state index in [-0.39, 0.29) is 6.61 Å². The van der Waals surface area contributed by atoms with E-state index in [1.165, 1.54) is 6.39 Å². The number of rotatable bonds is 4. The second-order valence-electron chi connectivity index (χ2n) is 4.86. The minimum absolute atomic E-state index is 0.162. The number of hydrogen-bond acceptors (Lipinski definition) is 6. The summed E-state index contributed by atoms with van der Waals surface area (Å²) in [5.41, 5.74) is 1.75. The SMILES string of the molecule is c1ccc(-c2nc(OCc3nnco3)c3ccccc3n2)cc1. The molecule has 4 aromatic rings. The van der Waals surface area contributed by atoms with Crippen molar-refractivity contribution in [1.29, 1.82) is 0 Å². The van der Waals surface area contributed by atoms with Gasteiger partial charge < -0.3 is 9.15 Å². The monoisotopic (exact) mass is 304 g/mol. The zero-order chi connectivity index (χ0) is 15.5. The third kappa shape index (κ3) is 2.74. The molecule has 6 heteroatoms. The Kier molecular flexibility index (Phi) is 3.40. The fraction of sp³-hybridized carbons (Fsp3) is 0.0588. The third-order valence-corrected chi connectivity index (χ3v) is 3.34. The first-order chi connectivity index (χ1) is 11.4. The lowest BCUT2D eigenvalue weighted by Gasteiger charge is -2.09. The molecule has 0 amide bonds. The Morgan fingerprint density at radius 3 is 2.57 bits per heavy atom. The first-order valence-electron chi connectivity index (χ1n) is 7.10. The van der Waals surface area contributed by atoms with Crippen LogP contribution in [0.5, 0.6) is 5.88 Å². The number of para-hydroxylation sites is 1. The number of hydrogen-bond donors (Lipinski definition) is 0. The summed E-state index contributed by atoms with van der Waals surface area (Å²) in [6.45, 7) is 0.162. The van der Waals surface area contributed by atoms with Crippen molar-refractivity contribution in [2.45, 2.75) is 6.61 Å². The molecular weight excluding hydrogens is 292 g/mol. The fourth-order valence-electron chi connectivity index (χ4n) is 2.26. The molecule has 2 aromatic carbocycles. The lowest BCUT2D eigenvalue weighted by atomic mass is 10.2. The summed E-state index contributed by atoms with van der Waals surface area (Å²) < 4.78 is 10.9. The van der Waals surface area contributed by atoms with Crippen molar-refractivity contribution in [1.82, 2.24) is 20.2 Å². The summed E-state index contributed by atoms with van der Waals surface area (Å²) in [7, 11) is 0. The van der Waals surface area contributed by atoms with Gasteiger partial charge in [0.05, 0.1) is 10.9 Å². The summed E-state index contributed by atoms with van der Waals surface area (Å²) in [5.74, 6) is 1.51. The Hall–Kier alpha value is -3.28. The highest BCUT2D eigenvalue weighted by Crippen LogP contribution is 2.26. The average Bonchev–Trinajstić information content (AvgIpc) is 3.14. The predicted molar refractivity (Wildman–Crippen MR) is 83.6 cm³/mol. The summed E-state index contributed by atoms with van der Waals surface area (Å²) >= 11 is 0. The molecular formula is C17H12N4O2. The standard InChI is InChI=1S/C17H12N4O2/c1-2-6-12(7-3-1)16-19-14-9-5-4-8-13(14)17(20-16)22-10-15-21-18-11-23-15/h1-9,11H,10H2. The minimum atomic E-state index is 0.162. The molecule has 0 unspecified atom stereocenters. The normalized spacial score (nSPS) is 10.8. The van der Waals surface area contributed by atoms with Crippen molar-refractivity contribution in [3.05, 3.63) is 66.9 Å². The van der Waals surface area contributed by atoms with Crippen molar-refractivity contribution >= 4 is 10.9 Å². The summed E-state index contributed by atoms with van der Waals surface area (Å²) in [4.78, 5) is 9.16. The quantitative estimate of drug-likeness (QED) is 0.576. The summed E-state index contributed by atoms with van der Waals surface area (Å²) in [6, 6.07) is 17.5. The van der Waals surface area contributed by atoms with Gasteiger partial charge in [-0.1, -0.05) is 42.5 Å². The van der Waals surface area contributed by atoms with Crippen LogP contribution in [0.3, 0.4) is 0 Å². The molecule has 0 N–H and O–H groups in total. The molecule has 0 radical (unpaired) electrons. The zero-order valence-corrected chi connectivity index (χ0v) is 12.1. The molecule has 0 aliphatic carbocycles. The van der Waals surface area contributed by atoms with E-state index in [9.17, 15) is 0 Å². The van der Waals surface area contributed by atoms with Gasteiger partial charge in [0.2, 0.25) is 12.3 Å². The van der Waals surface area contributed by atoms with Gasteiger partial charge in [0.15, 0.2) is 12.4 Å². The summed E-state index contributed by atoms with van der Waals surface area (Å²) in [5, 5.41) is 8.28. The van der Waals surface area contributed by atoms with Gasteiger partial charge in [-0.2, -0.15) is 4.98 Å². The topological polar surface area (TPSA) is 73.9 Å². The molecule has 0 fully saturated rings. The largest absolute Gasteiger partial charge is 0.467 e. The number of nitrogens with zero attached hydrogens (tertiary/aromatic N) is 4. The van der Waals surface area contributed by atoms with Gasteiger partial charge in [0, 0.05) is 5.56 Å². The number of fused-ring (bicyclic) bond motifs is 1. The highest BCUT2D eigenvalue weighted by Gasteiger charge is 2.11. The molecule has 0 aliphatic heterocycles. The van der Waals surface area contributed by atoms with Crippen LogP contribution in [0.1, 0.15) is 5.89 Å². The molecule has 23 heavy (non-hydrogen) atoms. The van der Waals surface area contributed by atoms with Crippen LogP contribution < -0.4 is 4.74 Å². The smallest absolute Gasteiger partial charge is 0.253 e. The maximum Gasteiger partial charge on any atom is 0.253 e. The van der Waals surface area contributed by atoms with Gasteiger partial charge in [0.1, 0.15) is 0 Å². The molecule has 0 bridgehead atoms. The number of aromatic nitrogens is 4. The second-order valence-corrected chi connectivity index (χ2v) is 4.86. The van der Waals surface area contributed by atoms with Crippen LogP contribution in [0.15, 0.2) is 65.4 Å². The zero-order valence-electron chi connectivity index (χ0n) is 12.1. The van der Waals surface area contributed by atoms with Crippen molar-refractivity contribution in [3.63, 3.8) is 0 Å². The summed E-state index contributed by atoms with van der Waals surface area (Å²) in [6.07, 6.45) is 1.27. The van der Waals surface area contributed by atoms with Gasteiger partial charge in [-0.15, -0.1) is 10.2 Å². The highest BCUT2D eigenvalue weighted by molar-refractivity contribution is 5.85. The Bertz CT molecular complexity index is 924. The molecule has 6 nitrogen and oxygen atoms in total. The lowest BCUT2D eigenvalue weighted by molar-refractivity contribution is 0.257. The molecule has 0 atom stereocenters. The van der Waals surface area contributed by atoms with E-state index in [0.717, 1.165) is 16.5 Å². The Labute approximate surface area is 131 Å². The first-order valence-corrected chi connectivity index (χ1v) is 7.10. The molecule has 0 aliphatic rings. The van der Waals surface area contributed by atoms with Gasteiger partial charge >= 0.3 is 0 Å². The Morgan fingerprint density at radius 2 is 1.74 bits per heavy atom. The van der Waals surface area contributed by atoms with E-state index in [1.54, 1.807) is 0 Å². The van der Waals surface area contributed by atoms with Crippen LogP contribution in [0.25, 0.3) is 22.3 Å². The van der Waals surface area contributed by atoms with Crippen LogP contribution in [0.4, 0.5) is 0 Å². The maximum atomic E-state index is 5.78. The van der Waals surface area contributed by atoms with Crippen LogP contribution >= 0.6 is 0 Å². The molecule has 0 saturated carbocycles. The van der Waals surface area contributed by atoms with Crippen molar-refractivity contribution in [3.8, 4) is 17.3 Å². The lowest BCUT2D eigenvalue weighted by Crippen LogP contribution is -2.01. The number of benzene rings is 2. The van der Waals surface area contributed by atoms with Crippen molar-refractivity contribution < 1.29 is 9.15 Å². The van der Waals surface area contributed by atoms with Crippen LogP contribution in [-0.4, -0.2) is 20.2 Å². The average molecular weight is 304 g/mol.